The number of aromatic nitrogens is 1. The Bertz CT molecular complexity index is 630. The Balaban J connectivity index is 1.68. The molecule has 0 unspecified atom stereocenters. The number of carbonyl (C=O) groups is 1. The van der Waals surface area contributed by atoms with Gasteiger partial charge in [0.15, 0.2) is 0 Å². The fourth-order valence-corrected chi connectivity index (χ4v) is 2.38. The van der Waals surface area contributed by atoms with Crippen LogP contribution in [0.25, 0.3) is 0 Å². The van der Waals surface area contributed by atoms with E-state index in [2.05, 4.69) is 10.5 Å². The van der Waals surface area contributed by atoms with E-state index in [0.29, 0.717) is 18.0 Å². The summed E-state index contributed by atoms with van der Waals surface area (Å²) in [6.07, 6.45) is 1.59. The van der Waals surface area contributed by atoms with Crippen molar-refractivity contribution in [2.45, 2.75) is 31.7 Å². The summed E-state index contributed by atoms with van der Waals surface area (Å²) >= 11 is 0. The molecule has 1 amide bonds. The summed E-state index contributed by atoms with van der Waals surface area (Å²) in [7, 11) is 0. The van der Waals surface area contributed by atoms with Crippen molar-refractivity contribution in [1.29, 1.82) is 0 Å². The van der Waals surface area contributed by atoms with Crippen LogP contribution in [-0.2, 0) is 16.8 Å². The van der Waals surface area contributed by atoms with Crippen LogP contribution in [0, 0.1) is 12.7 Å². The maximum Gasteiger partial charge on any atom is 0.230 e. The van der Waals surface area contributed by atoms with Crippen LogP contribution < -0.4 is 5.32 Å². The normalized spacial score (nSPS) is 15.9. The van der Waals surface area contributed by atoms with Gasteiger partial charge in [0.05, 0.1) is 12.0 Å². The van der Waals surface area contributed by atoms with E-state index in [0.717, 1.165) is 18.4 Å². The summed E-state index contributed by atoms with van der Waals surface area (Å²) < 4.78 is 17.9. The zero-order chi connectivity index (χ0) is 14.2. The van der Waals surface area contributed by atoms with Crippen LogP contribution in [0.2, 0.25) is 0 Å². The molecular weight excluding hydrogens is 259 g/mol. The number of aryl methyl sites for hydroxylation is 1. The van der Waals surface area contributed by atoms with Crippen LogP contribution in [0.5, 0.6) is 0 Å². The number of halogens is 1. The predicted octanol–water partition coefficient (Wildman–Crippen LogP) is 2.47. The molecule has 1 saturated carbocycles. The van der Waals surface area contributed by atoms with Crippen molar-refractivity contribution < 1.29 is 13.7 Å². The third-order valence-electron chi connectivity index (χ3n) is 3.69. The first-order chi connectivity index (χ1) is 9.60. The van der Waals surface area contributed by atoms with E-state index < -0.39 is 5.41 Å². The number of nitrogens with one attached hydrogen (secondary N) is 1. The van der Waals surface area contributed by atoms with Gasteiger partial charge < -0.3 is 9.84 Å². The van der Waals surface area contributed by atoms with Crippen molar-refractivity contribution in [2.75, 3.05) is 0 Å². The molecule has 4 nitrogen and oxygen atoms in total. The standard InChI is InChI=1S/C15H15FN2O2/c1-10-8-13(18-20-10)9-17-14(19)15(6-7-15)11-2-4-12(16)5-3-11/h2-5,8H,6-7,9H2,1H3,(H,17,19). The molecule has 104 valence electrons. The monoisotopic (exact) mass is 274 g/mol. The molecule has 1 aliphatic carbocycles. The Kier molecular flexibility index (Phi) is 3.04. The molecular formula is C15H15FN2O2. The van der Waals surface area contributed by atoms with Gasteiger partial charge in [-0.1, -0.05) is 17.3 Å². The van der Waals surface area contributed by atoms with Gasteiger partial charge in [0.2, 0.25) is 5.91 Å². The van der Waals surface area contributed by atoms with E-state index in [1.54, 1.807) is 25.1 Å². The summed E-state index contributed by atoms with van der Waals surface area (Å²) in [5.74, 6) is 0.390. The number of benzene rings is 1. The summed E-state index contributed by atoms with van der Waals surface area (Å²) in [4.78, 5) is 12.3. The van der Waals surface area contributed by atoms with Gasteiger partial charge in [-0.2, -0.15) is 0 Å². The Morgan fingerprint density at radius 3 is 2.65 bits per heavy atom. The third kappa shape index (κ3) is 2.31. The Labute approximate surface area is 116 Å². The average molecular weight is 274 g/mol. The minimum absolute atomic E-state index is 0.0373. The Hall–Kier alpha value is -2.17. The van der Waals surface area contributed by atoms with Gasteiger partial charge in [-0.25, -0.2) is 4.39 Å². The first-order valence-corrected chi connectivity index (χ1v) is 6.57. The number of carbonyl (C=O) groups excluding carboxylic acids is 1. The van der Waals surface area contributed by atoms with E-state index in [1.165, 1.54) is 12.1 Å². The average Bonchev–Trinajstić information content (AvgIpc) is 3.15. The molecule has 1 N–H and O–H groups in total. The number of rotatable bonds is 4. The number of hydrogen-bond acceptors (Lipinski definition) is 3. The molecule has 0 saturated heterocycles. The number of amides is 1. The lowest BCUT2D eigenvalue weighted by Crippen LogP contribution is -2.34. The van der Waals surface area contributed by atoms with E-state index in [-0.39, 0.29) is 11.7 Å². The first kappa shape index (κ1) is 12.8. The summed E-state index contributed by atoms with van der Waals surface area (Å²) in [5.41, 5.74) is 1.07. The molecule has 1 aliphatic rings. The summed E-state index contributed by atoms with van der Waals surface area (Å²) in [5, 5.41) is 6.71. The van der Waals surface area contributed by atoms with Gasteiger partial charge in [-0.3, -0.25) is 4.79 Å². The zero-order valence-electron chi connectivity index (χ0n) is 11.1. The highest BCUT2D eigenvalue weighted by molar-refractivity contribution is 5.91. The minimum atomic E-state index is -0.494. The predicted molar refractivity (Wildman–Crippen MR) is 70.4 cm³/mol. The Morgan fingerprint density at radius 2 is 2.10 bits per heavy atom. The lowest BCUT2D eigenvalue weighted by atomic mass is 9.95. The van der Waals surface area contributed by atoms with Crippen molar-refractivity contribution in [3.05, 3.63) is 53.2 Å². The number of nitrogens with zero attached hydrogens (tertiary/aromatic N) is 1. The zero-order valence-corrected chi connectivity index (χ0v) is 11.1. The highest BCUT2D eigenvalue weighted by atomic mass is 19.1. The summed E-state index contributed by atoms with van der Waals surface area (Å²) in [6.45, 7) is 2.15. The van der Waals surface area contributed by atoms with Gasteiger partial charge in [0.1, 0.15) is 17.3 Å². The van der Waals surface area contributed by atoms with Crippen molar-refractivity contribution in [3.8, 4) is 0 Å². The highest BCUT2D eigenvalue weighted by Crippen LogP contribution is 2.48. The molecule has 0 radical (unpaired) electrons. The van der Waals surface area contributed by atoms with E-state index in [1.807, 2.05) is 0 Å². The van der Waals surface area contributed by atoms with Crippen molar-refractivity contribution >= 4 is 5.91 Å². The fraction of sp³-hybridized carbons (Fsp3) is 0.333. The van der Waals surface area contributed by atoms with E-state index in [9.17, 15) is 9.18 Å². The van der Waals surface area contributed by atoms with Gasteiger partial charge in [-0.15, -0.1) is 0 Å². The minimum Gasteiger partial charge on any atom is -0.361 e. The van der Waals surface area contributed by atoms with E-state index in [4.69, 9.17) is 4.52 Å². The second-order valence-electron chi connectivity index (χ2n) is 5.20. The van der Waals surface area contributed by atoms with Gasteiger partial charge in [0, 0.05) is 6.07 Å². The molecule has 2 aromatic rings. The van der Waals surface area contributed by atoms with Gasteiger partial charge in [0.25, 0.3) is 0 Å². The topological polar surface area (TPSA) is 55.1 Å². The van der Waals surface area contributed by atoms with Crippen LogP contribution >= 0.6 is 0 Å². The Morgan fingerprint density at radius 1 is 1.40 bits per heavy atom. The largest absolute Gasteiger partial charge is 0.361 e. The smallest absolute Gasteiger partial charge is 0.230 e. The maximum absolute atomic E-state index is 12.9. The van der Waals surface area contributed by atoms with Crippen molar-refractivity contribution in [2.24, 2.45) is 0 Å². The molecule has 1 heterocycles. The van der Waals surface area contributed by atoms with Crippen LogP contribution in [0.4, 0.5) is 4.39 Å². The second-order valence-corrected chi connectivity index (χ2v) is 5.20. The molecule has 0 atom stereocenters. The molecule has 0 spiro atoms. The molecule has 0 bridgehead atoms. The molecule has 3 rings (SSSR count). The van der Waals surface area contributed by atoms with Crippen LogP contribution in [0.15, 0.2) is 34.9 Å². The lowest BCUT2D eigenvalue weighted by Gasteiger charge is -2.15. The fourth-order valence-electron chi connectivity index (χ4n) is 2.38. The summed E-state index contributed by atoms with van der Waals surface area (Å²) in [6, 6.07) is 7.94. The van der Waals surface area contributed by atoms with Crippen LogP contribution in [-0.4, -0.2) is 11.1 Å². The van der Waals surface area contributed by atoms with Gasteiger partial charge >= 0.3 is 0 Å². The molecule has 1 aromatic carbocycles. The van der Waals surface area contributed by atoms with Gasteiger partial charge in [-0.05, 0) is 37.5 Å². The molecule has 1 aromatic heterocycles. The number of hydrogen-bond donors (Lipinski definition) is 1. The molecule has 0 aliphatic heterocycles. The SMILES string of the molecule is Cc1cc(CNC(=O)C2(c3ccc(F)cc3)CC2)no1. The maximum atomic E-state index is 12.9. The quantitative estimate of drug-likeness (QED) is 0.931. The highest BCUT2D eigenvalue weighted by Gasteiger charge is 2.51. The van der Waals surface area contributed by atoms with Crippen LogP contribution in [0.3, 0.4) is 0 Å². The third-order valence-corrected chi connectivity index (χ3v) is 3.69. The second kappa shape index (κ2) is 4.74. The van der Waals surface area contributed by atoms with Crippen molar-refractivity contribution in [3.63, 3.8) is 0 Å². The molecule has 5 heteroatoms. The first-order valence-electron chi connectivity index (χ1n) is 6.57. The molecule has 1 fully saturated rings. The molecule has 20 heavy (non-hydrogen) atoms. The van der Waals surface area contributed by atoms with Crippen LogP contribution in [0.1, 0.15) is 29.9 Å². The van der Waals surface area contributed by atoms with Crippen molar-refractivity contribution in [1.82, 2.24) is 10.5 Å². The van der Waals surface area contributed by atoms with E-state index >= 15 is 0 Å². The lowest BCUT2D eigenvalue weighted by molar-refractivity contribution is -0.123.